The van der Waals surface area contributed by atoms with E-state index in [1.165, 1.54) is 6.33 Å². The third kappa shape index (κ3) is 3.16. The van der Waals surface area contributed by atoms with Crippen LogP contribution in [-0.4, -0.2) is 34.6 Å². The van der Waals surface area contributed by atoms with Gasteiger partial charge in [-0.3, -0.25) is 0 Å². The van der Waals surface area contributed by atoms with Crippen LogP contribution in [0.15, 0.2) is 29.4 Å². The molecule has 8 heteroatoms. The topological polar surface area (TPSA) is 94.8 Å². The smallest absolute Gasteiger partial charge is 0.217 e. The van der Waals surface area contributed by atoms with Crippen LogP contribution in [0.25, 0.3) is 11.6 Å². The van der Waals surface area contributed by atoms with Gasteiger partial charge in [-0.2, -0.15) is 5.10 Å². The third-order valence-corrected chi connectivity index (χ3v) is 5.14. The molecule has 0 bridgehead atoms. The van der Waals surface area contributed by atoms with E-state index < -0.39 is 6.10 Å². The van der Waals surface area contributed by atoms with E-state index >= 15 is 0 Å². The molecule has 3 heterocycles. The largest absolute Gasteiger partial charge is 0.461 e. The summed E-state index contributed by atoms with van der Waals surface area (Å²) >= 11 is 0. The highest BCUT2D eigenvalue weighted by atomic mass is 16.3. The Morgan fingerprint density at radius 3 is 2.88 bits per heavy atom. The lowest BCUT2D eigenvalue weighted by atomic mass is 9.92. The summed E-state index contributed by atoms with van der Waals surface area (Å²) in [6.07, 6.45) is 7.01. The first-order valence-corrected chi connectivity index (χ1v) is 8.94. The summed E-state index contributed by atoms with van der Waals surface area (Å²) in [4.78, 5) is 8.56. The lowest BCUT2D eigenvalue weighted by Crippen LogP contribution is -2.19. The van der Waals surface area contributed by atoms with Gasteiger partial charge in [0.15, 0.2) is 11.6 Å². The molecular weight excluding hydrogens is 332 g/mol. The van der Waals surface area contributed by atoms with Crippen molar-refractivity contribution in [3.8, 4) is 11.6 Å². The van der Waals surface area contributed by atoms with Crippen LogP contribution in [0.5, 0.6) is 0 Å². The van der Waals surface area contributed by atoms with Crippen molar-refractivity contribution < 1.29 is 9.52 Å². The molecule has 1 aliphatic rings. The molecule has 0 radical (unpaired) electrons. The molecule has 1 N–H and O–H groups in total. The molecule has 26 heavy (non-hydrogen) atoms. The van der Waals surface area contributed by atoms with Gasteiger partial charge in [-0.1, -0.05) is 13.8 Å². The normalized spacial score (nSPS) is 20.5. The van der Waals surface area contributed by atoms with Crippen molar-refractivity contribution in [2.24, 2.45) is 5.41 Å². The standard InChI is InChI=1S/C18H24N6O2/c1-12-5-7-26-15(12)16-21-17(14(25)9-23-11-19-10-20-23)24(22-16)13-4-6-18(2,3)8-13/h5,7,10-11,13-14,25H,4,6,8-9H2,1-3H3. The maximum absolute atomic E-state index is 10.8. The number of nitrogens with zero attached hydrogens (tertiary/aromatic N) is 6. The van der Waals surface area contributed by atoms with Crippen molar-refractivity contribution in [3.05, 3.63) is 36.4 Å². The van der Waals surface area contributed by atoms with E-state index in [-0.39, 0.29) is 18.0 Å². The molecule has 138 valence electrons. The summed E-state index contributed by atoms with van der Waals surface area (Å²) < 4.78 is 9.05. The molecule has 2 atom stereocenters. The van der Waals surface area contributed by atoms with Crippen LogP contribution in [0.3, 0.4) is 0 Å². The number of aliphatic hydroxyl groups excluding tert-OH is 1. The van der Waals surface area contributed by atoms with Crippen molar-refractivity contribution in [1.82, 2.24) is 29.5 Å². The van der Waals surface area contributed by atoms with Crippen molar-refractivity contribution in [3.63, 3.8) is 0 Å². The Balaban J connectivity index is 1.70. The van der Waals surface area contributed by atoms with Crippen molar-refractivity contribution >= 4 is 0 Å². The van der Waals surface area contributed by atoms with E-state index in [9.17, 15) is 5.11 Å². The van der Waals surface area contributed by atoms with Gasteiger partial charge in [0.25, 0.3) is 0 Å². The first-order valence-electron chi connectivity index (χ1n) is 8.94. The van der Waals surface area contributed by atoms with Crippen LogP contribution in [-0.2, 0) is 6.54 Å². The molecule has 8 nitrogen and oxygen atoms in total. The van der Waals surface area contributed by atoms with Crippen LogP contribution in [0.2, 0.25) is 0 Å². The Kier molecular flexibility index (Phi) is 4.14. The van der Waals surface area contributed by atoms with Gasteiger partial charge in [0, 0.05) is 0 Å². The fraction of sp³-hybridized carbons (Fsp3) is 0.556. The number of aromatic nitrogens is 6. The Morgan fingerprint density at radius 1 is 1.42 bits per heavy atom. The number of rotatable bonds is 5. The fourth-order valence-corrected chi connectivity index (χ4v) is 3.72. The molecule has 1 fully saturated rings. The molecule has 0 amide bonds. The molecule has 3 aromatic heterocycles. The molecule has 0 aliphatic heterocycles. The fourth-order valence-electron chi connectivity index (χ4n) is 3.72. The van der Waals surface area contributed by atoms with Gasteiger partial charge >= 0.3 is 0 Å². The summed E-state index contributed by atoms with van der Waals surface area (Å²) in [5.41, 5.74) is 1.25. The third-order valence-electron chi connectivity index (χ3n) is 5.14. The quantitative estimate of drug-likeness (QED) is 0.755. The van der Waals surface area contributed by atoms with Crippen LogP contribution in [0, 0.1) is 12.3 Å². The number of furan rings is 1. The van der Waals surface area contributed by atoms with E-state index in [2.05, 4.69) is 28.9 Å². The highest BCUT2D eigenvalue weighted by molar-refractivity contribution is 5.51. The van der Waals surface area contributed by atoms with E-state index in [4.69, 9.17) is 9.52 Å². The zero-order valence-corrected chi connectivity index (χ0v) is 15.3. The lowest BCUT2D eigenvalue weighted by Gasteiger charge is -2.19. The zero-order valence-electron chi connectivity index (χ0n) is 15.3. The highest BCUT2D eigenvalue weighted by Crippen LogP contribution is 2.44. The van der Waals surface area contributed by atoms with Crippen molar-refractivity contribution in [1.29, 1.82) is 0 Å². The Bertz CT molecular complexity index is 880. The lowest BCUT2D eigenvalue weighted by molar-refractivity contribution is 0.132. The van der Waals surface area contributed by atoms with Crippen molar-refractivity contribution in [2.75, 3.05) is 0 Å². The SMILES string of the molecule is Cc1ccoc1-c1nc(C(O)Cn2cncn2)n(C2CCC(C)(C)C2)n1. The number of hydrogen-bond acceptors (Lipinski definition) is 6. The van der Waals surface area contributed by atoms with Gasteiger partial charge < -0.3 is 9.52 Å². The minimum absolute atomic E-state index is 0.224. The monoisotopic (exact) mass is 356 g/mol. The summed E-state index contributed by atoms with van der Waals surface area (Å²) in [5, 5.41) is 19.6. The highest BCUT2D eigenvalue weighted by Gasteiger charge is 2.35. The molecule has 3 aromatic rings. The molecular formula is C18H24N6O2. The Labute approximate surface area is 151 Å². The van der Waals surface area contributed by atoms with Crippen LogP contribution >= 0.6 is 0 Å². The molecule has 2 unspecified atom stereocenters. The maximum Gasteiger partial charge on any atom is 0.217 e. The summed E-state index contributed by atoms with van der Waals surface area (Å²) in [5.74, 6) is 1.72. The van der Waals surface area contributed by atoms with Crippen LogP contribution < -0.4 is 0 Å². The predicted octanol–water partition coefficient (Wildman–Crippen LogP) is 2.92. The van der Waals surface area contributed by atoms with E-state index in [0.29, 0.717) is 17.4 Å². The molecule has 0 aromatic carbocycles. The summed E-state index contributed by atoms with van der Waals surface area (Å²) in [7, 11) is 0. The minimum Gasteiger partial charge on any atom is -0.461 e. The molecule has 1 saturated carbocycles. The molecule has 1 aliphatic carbocycles. The summed E-state index contributed by atoms with van der Waals surface area (Å²) in [6.45, 7) is 6.79. The molecule has 0 spiro atoms. The average Bonchev–Trinajstić information content (AvgIpc) is 3.33. The van der Waals surface area contributed by atoms with Gasteiger partial charge in [-0.05, 0) is 43.2 Å². The average molecular weight is 356 g/mol. The second kappa shape index (κ2) is 6.35. The van der Waals surface area contributed by atoms with E-state index in [0.717, 1.165) is 24.8 Å². The van der Waals surface area contributed by atoms with Gasteiger partial charge in [-0.25, -0.2) is 19.3 Å². The van der Waals surface area contributed by atoms with Gasteiger partial charge in [0.1, 0.15) is 18.8 Å². The second-order valence-corrected chi connectivity index (χ2v) is 7.87. The summed E-state index contributed by atoms with van der Waals surface area (Å²) in [6, 6.07) is 2.11. The maximum atomic E-state index is 10.8. The number of aryl methyl sites for hydroxylation is 1. The first-order chi connectivity index (χ1) is 12.4. The molecule has 4 rings (SSSR count). The van der Waals surface area contributed by atoms with Gasteiger partial charge in [-0.15, -0.1) is 5.10 Å². The van der Waals surface area contributed by atoms with Gasteiger partial charge in [0.05, 0.1) is 18.8 Å². The van der Waals surface area contributed by atoms with E-state index in [1.807, 2.05) is 17.7 Å². The van der Waals surface area contributed by atoms with Crippen molar-refractivity contribution in [2.45, 2.75) is 58.7 Å². The van der Waals surface area contributed by atoms with E-state index in [1.54, 1.807) is 17.3 Å². The minimum atomic E-state index is -0.822. The second-order valence-electron chi connectivity index (χ2n) is 7.87. The number of aliphatic hydroxyl groups is 1. The number of hydrogen-bond donors (Lipinski definition) is 1. The first kappa shape index (κ1) is 17.0. The van der Waals surface area contributed by atoms with Gasteiger partial charge in [0.2, 0.25) is 5.82 Å². The van der Waals surface area contributed by atoms with Crippen LogP contribution in [0.4, 0.5) is 0 Å². The van der Waals surface area contributed by atoms with Crippen LogP contribution in [0.1, 0.15) is 56.6 Å². The Morgan fingerprint density at radius 2 is 2.27 bits per heavy atom. The zero-order chi connectivity index (χ0) is 18.3. The molecule has 0 saturated heterocycles. The Hall–Kier alpha value is -2.48. The predicted molar refractivity (Wildman–Crippen MR) is 94.1 cm³/mol.